The van der Waals surface area contributed by atoms with Crippen LogP contribution >= 0.6 is 11.6 Å². The third-order valence-electron chi connectivity index (χ3n) is 3.15. The summed E-state index contributed by atoms with van der Waals surface area (Å²) in [5, 5.41) is 0.550. The summed E-state index contributed by atoms with van der Waals surface area (Å²) in [7, 11) is -3.82. The van der Waals surface area contributed by atoms with Crippen molar-refractivity contribution >= 4 is 27.5 Å². The normalized spacial score (nSPS) is 11.1. The Hall–Kier alpha value is -2.09. The maximum Gasteiger partial charge on any atom is 0.272 e. The van der Waals surface area contributed by atoms with Crippen LogP contribution in [0, 0.1) is 0 Å². The predicted molar refractivity (Wildman–Crippen MR) is 91.2 cm³/mol. The molecule has 2 aromatic rings. The number of rotatable bonds is 7. The van der Waals surface area contributed by atoms with Crippen molar-refractivity contribution in [1.29, 1.82) is 0 Å². The number of ether oxygens (including phenoxy) is 1. The SMILES string of the molecule is CCc1ccc(S(=O)(=O)NNC(=O)COc2ccc(Cl)cc2)cc1. The number of benzene rings is 2. The van der Waals surface area contributed by atoms with Crippen molar-refractivity contribution in [3.63, 3.8) is 0 Å². The van der Waals surface area contributed by atoms with Crippen molar-refractivity contribution in [3.8, 4) is 5.75 Å². The van der Waals surface area contributed by atoms with Crippen LogP contribution in [-0.4, -0.2) is 20.9 Å². The van der Waals surface area contributed by atoms with E-state index in [1.54, 1.807) is 36.4 Å². The fourth-order valence-corrected chi connectivity index (χ4v) is 2.79. The fourth-order valence-electron chi connectivity index (χ4n) is 1.80. The van der Waals surface area contributed by atoms with E-state index in [1.165, 1.54) is 12.1 Å². The average Bonchev–Trinajstić information content (AvgIpc) is 2.59. The van der Waals surface area contributed by atoms with Crippen LogP contribution in [0.2, 0.25) is 5.02 Å². The molecule has 6 nitrogen and oxygen atoms in total. The van der Waals surface area contributed by atoms with Crippen LogP contribution in [0.3, 0.4) is 0 Å². The predicted octanol–water partition coefficient (Wildman–Crippen LogP) is 2.29. The average molecular weight is 369 g/mol. The largest absolute Gasteiger partial charge is 0.484 e. The van der Waals surface area contributed by atoms with Gasteiger partial charge in [0, 0.05) is 5.02 Å². The summed E-state index contributed by atoms with van der Waals surface area (Å²) in [4.78, 5) is 13.8. The molecule has 8 heteroatoms. The maximum atomic E-state index is 12.1. The van der Waals surface area contributed by atoms with Crippen LogP contribution in [0.25, 0.3) is 0 Å². The van der Waals surface area contributed by atoms with Crippen LogP contribution in [0.15, 0.2) is 53.4 Å². The highest BCUT2D eigenvalue weighted by atomic mass is 35.5. The molecule has 0 aliphatic carbocycles. The lowest BCUT2D eigenvalue weighted by molar-refractivity contribution is -0.123. The van der Waals surface area contributed by atoms with Gasteiger partial charge in [-0.3, -0.25) is 10.2 Å². The number of nitrogens with one attached hydrogen (secondary N) is 2. The molecule has 2 N–H and O–H groups in total. The maximum absolute atomic E-state index is 12.1. The van der Waals surface area contributed by atoms with Gasteiger partial charge in [-0.05, 0) is 48.4 Å². The van der Waals surface area contributed by atoms with Crippen molar-refractivity contribution < 1.29 is 17.9 Å². The Morgan fingerprint density at radius 2 is 1.71 bits per heavy atom. The number of halogens is 1. The molecule has 0 spiro atoms. The van der Waals surface area contributed by atoms with Crippen LogP contribution in [0.1, 0.15) is 12.5 Å². The number of carbonyl (C=O) groups excluding carboxylic acids is 1. The van der Waals surface area contributed by atoms with Gasteiger partial charge in [-0.25, -0.2) is 8.42 Å². The highest BCUT2D eigenvalue weighted by molar-refractivity contribution is 7.89. The number of carbonyl (C=O) groups is 1. The van der Waals surface area contributed by atoms with E-state index < -0.39 is 15.9 Å². The molecule has 0 saturated heterocycles. The summed E-state index contributed by atoms with van der Waals surface area (Å²) < 4.78 is 29.4. The quantitative estimate of drug-likeness (QED) is 0.734. The topological polar surface area (TPSA) is 84.5 Å². The van der Waals surface area contributed by atoms with Crippen molar-refractivity contribution in [2.45, 2.75) is 18.2 Å². The molecule has 0 fully saturated rings. The van der Waals surface area contributed by atoms with Crippen LogP contribution in [-0.2, 0) is 21.2 Å². The van der Waals surface area contributed by atoms with Crippen LogP contribution in [0.5, 0.6) is 5.75 Å². The minimum atomic E-state index is -3.82. The second-order valence-electron chi connectivity index (χ2n) is 4.89. The monoisotopic (exact) mass is 368 g/mol. The molecule has 0 radical (unpaired) electrons. The van der Waals surface area contributed by atoms with Gasteiger partial charge < -0.3 is 4.74 Å². The smallest absolute Gasteiger partial charge is 0.272 e. The molecule has 128 valence electrons. The van der Waals surface area contributed by atoms with Gasteiger partial charge in [0.25, 0.3) is 15.9 Å². The van der Waals surface area contributed by atoms with Gasteiger partial charge in [0.1, 0.15) is 5.75 Å². The summed E-state index contributed by atoms with van der Waals surface area (Å²) in [5.74, 6) is -0.175. The van der Waals surface area contributed by atoms with E-state index in [4.69, 9.17) is 16.3 Å². The molecule has 0 aliphatic rings. The van der Waals surface area contributed by atoms with Crippen molar-refractivity contribution in [2.24, 2.45) is 0 Å². The van der Waals surface area contributed by atoms with Crippen molar-refractivity contribution in [2.75, 3.05) is 6.61 Å². The summed E-state index contributed by atoms with van der Waals surface area (Å²) in [6, 6.07) is 12.9. The number of hydrogen-bond donors (Lipinski definition) is 2. The Morgan fingerprint density at radius 3 is 2.29 bits per heavy atom. The van der Waals surface area contributed by atoms with E-state index in [0.717, 1.165) is 12.0 Å². The molecule has 0 heterocycles. The van der Waals surface area contributed by atoms with Gasteiger partial charge in [0.05, 0.1) is 4.90 Å². The molecule has 0 bridgehead atoms. The number of hydrogen-bond acceptors (Lipinski definition) is 4. The van der Waals surface area contributed by atoms with Gasteiger partial charge in [0.15, 0.2) is 6.61 Å². The first-order valence-electron chi connectivity index (χ1n) is 7.18. The molecular formula is C16H17ClN2O4S. The first kappa shape index (κ1) is 18.3. The van der Waals surface area contributed by atoms with E-state index in [9.17, 15) is 13.2 Å². The Labute approximate surface area is 145 Å². The van der Waals surface area contributed by atoms with E-state index in [2.05, 4.69) is 5.43 Å². The standard InChI is InChI=1S/C16H17ClN2O4S/c1-2-12-3-9-15(10-4-12)24(21,22)19-18-16(20)11-23-14-7-5-13(17)6-8-14/h3-10,19H,2,11H2,1H3,(H,18,20). The lowest BCUT2D eigenvalue weighted by Crippen LogP contribution is -2.43. The third kappa shape index (κ3) is 5.23. The van der Waals surface area contributed by atoms with E-state index in [0.29, 0.717) is 10.8 Å². The zero-order valence-corrected chi connectivity index (χ0v) is 14.5. The van der Waals surface area contributed by atoms with Gasteiger partial charge >= 0.3 is 0 Å². The lowest BCUT2D eigenvalue weighted by atomic mass is 10.2. The van der Waals surface area contributed by atoms with Gasteiger partial charge in [-0.15, -0.1) is 4.83 Å². The number of sulfonamides is 1. The highest BCUT2D eigenvalue weighted by Crippen LogP contribution is 2.15. The molecule has 0 aliphatic heterocycles. The number of hydrazine groups is 1. The Bertz CT molecular complexity index is 790. The number of amides is 1. The van der Waals surface area contributed by atoms with E-state index >= 15 is 0 Å². The molecule has 24 heavy (non-hydrogen) atoms. The Kier molecular flexibility index (Phi) is 6.19. The van der Waals surface area contributed by atoms with Gasteiger partial charge in [-0.1, -0.05) is 30.7 Å². The van der Waals surface area contributed by atoms with Gasteiger partial charge in [-0.2, -0.15) is 0 Å². The zero-order chi connectivity index (χ0) is 17.6. The first-order valence-corrected chi connectivity index (χ1v) is 9.05. The molecule has 2 aromatic carbocycles. The van der Waals surface area contributed by atoms with Crippen LogP contribution in [0.4, 0.5) is 0 Å². The second-order valence-corrected chi connectivity index (χ2v) is 7.01. The summed E-state index contributed by atoms with van der Waals surface area (Å²) in [5.41, 5.74) is 3.13. The second kappa shape index (κ2) is 8.14. The van der Waals surface area contributed by atoms with Crippen molar-refractivity contribution in [3.05, 3.63) is 59.1 Å². The molecule has 1 amide bonds. The minimum Gasteiger partial charge on any atom is -0.484 e. The lowest BCUT2D eigenvalue weighted by Gasteiger charge is -2.10. The highest BCUT2D eigenvalue weighted by Gasteiger charge is 2.15. The summed E-state index contributed by atoms with van der Waals surface area (Å²) in [6.45, 7) is 1.64. The Balaban J connectivity index is 1.86. The fraction of sp³-hybridized carbons (Fsp3) is 0.188. The first-order chi connectivity index (χ1) is 11.4. The summed E-state index contributed by atoms with van der Waals surface area (Å²) in [6.07, 6.45) is 0.812. The Morgan fingerprint density at radius 1 is 1.08 bits per heavy atom. The zero-order valence-electron chi connectivity index (χ0n) is 13.0. The molecule has 2 rings (SSSR count). The third-order valence-corrected chi connectivity index (χ3v) is 4.67. The number of aryl methyl sites for hydroxylation is 1. The molecule has 0 saturated carbocycles. The molecule has 0 aromatic heterocycles. The van der Waals surface area contributed by atoms with E-state index in [1.807, 2.05) is 11.8 Å². The van der Waals surface area contributed by atoms with Crippen LogP contribution < -0.4 is 15.0 Å². The van der Waals surface area contributed by atoms with Crippen molar-refractivity contribution in [1.82, 2.24) is 10.3 Å². The molecular weight excluding hydrogens is 352 g/mol. The van der Waals surface area contributed by atoms with E-state index in [-0.39, 0.29) is 11.5 Å². The summed E-state index contributed by atoms with van der Waals surface area (Å²) >= 11 is 5.74. The molecule has 0 atom stereocenters. The van der Waals surface area contributed by atoms with Gasteiger partial charge in [0.2, 0.25) is 0 Å². The minimum absolute atomic E-state index is 0.0682. The molecule has 0 unspecified atom stereocenters.